The lowest BCUT2D eigenvalue weighted by Gasteiger charge is -2.21. The number of ether oxygens (including phenoxy) is 1. The molecule has 1 atom stereocenters. The number of carbonyl (C=O) groups is 2. The van der Waals surface area contributed by atoms with E-state index in [9.17, 15) is 14.0 Å². The molecular formula is C19H19FN6O3S. The van der Waals surface area contributed by atoms with Gasteiger partial charge in [0.05, 0.1) is 12.5 Å². The molecule has 1 aliphatic rings. The molecule has 0 spiro atoms. The Labute approximate surface area is 175 Å². The van der Waals surface area contributed by atoms with Gasteiger partial charge in [-0.05, 0) is 38.1 Å². The summed E-state index contributed by atoms with van der Waals surface area (Å²) in [5.41, 5.74) is 2.65. The SMILES string of the molecule is CCOC(=O)N1CSC[C@@H]1C(=O)Nc1nc2ccc(-c3ccc(F)nc3C)cn2n1. The Kier molecular flexibility index (Phi) is 5.53. The van der Waals surface area contributed by atoms with Gasteiger partial charge in [0.2, 0.25) is 11.9 Å². The highest BCUT2D eigenvalue weighted by atomic mass is 32.2. The average molecular weight is 430 g/mol. The summed E-state index contributed by atoms with van der Waals surface area (Å²) < 4.78 is 19.8. The Morgan fingerprint density at radius 2 is 2.13 bits per heavy atom. The van der Waals surface area contributed by atoms with Crippen LogP contribution in [0.3, 0.4) is 0 Å². The second-order valence-corrected chi connectivity index (χ2v) is 7.60. The summed E-state index contributed by atoms with van der Waals surface area (Å²) in [6.45, 7) is 3.69. The van der Waals surface area contributed by atoms with E-state index in [0.717, 1.165) is 11.1 Å². The standard InChI is InChI=1S/C19H19FN6O3S/c1-3-29-19(28)25-10-30-9-14(25)17(27)23-18-22-16-7-4-12(8-26(16)24-18)13-5-6-15(20)21-11(13)2/h4-8,14H,3,9-10H2,1-2H3,(H,23,24,27)/t14-/m1/s1. The number of carbonyl (C=O) groups excluding carboxylic acids is 2. The Balaban J connectivity index is 1.54. The Hall–Kier alpha value is -3.21. The van der Waals surface area contributed by atoms with Crippen molar-refractivity contribution in [3.8, 4) is 11.1 Å². The van der Waals surface area contributed by atoms with Gasteiger partial charge in [0.15, 0.2) is 5.65 Å². The summed E-state index contributed by atoms with van der Waals surface area (Å²) in [5, 5.41) is 6.97. The molecule has 0 aromatic carbocycles. The third kappa shape index (κ3) is 3.92. The van der Waals surface area contributed by atoms with Gasteiger partial charge in [0.25, 0.3) is 5.91 Å². The summed E-state index contributed by atoms with van der Waals surface area (Å²) in [5.74, 6) is 0.0859. The van der Waals surface area contributed by atoms with Crippen LogP contribution in [0.1, 0.15) is 12.6 Å². The monoisotopic (exact) mass is 430 g/mol. The van der Waals surface area contributed by atoms with E-state index in [1.165, 1.54) is 27.2 Å². The summed E-state index contributed by atoms with van der Waals surface area (Å²) in [6, 6.07) is 5.88. The van der Waals surface area contributed by atoms with Crippen molar-refractivity contribution >= 4 is 35.4 Å². The fourth-order valence-corrected chi connectivity index (χ4v) is 4.31. The fourth-order valence-electron chi connectivity index (χ4n) is 3.17. The minimum Gasteiger partial charge on any atom is -0.450 e. The molecular weight excluding hydrogens is 411 g/mol. The van der Waals surface area contributed by atoms with E-state index in [4.69, 9.17) is 4.74 Å². The largest absolute Gasteiger partial charge is 0.450 e. The number of aromatic nitrogens is 4. The predicted octanol–water partition coefficient (Wildman–Crippen LogP) is 2.71. The molecule has 0 bridgehead atoms. The molecule has 4 heterocycles. The average Bonchev–Trinajstić information content (AvgIpc) is 3.34. The van der Waals surface area contributed by atoms with E-state index in [-0.39, 0.29) is 18.5 Å². The second kappa shape index (κ2) is 8.27. The van der Waals surface area contributed by atoms with Crippen LogP contribution in [0.25, 0.3) is 16.8 Å². The van der Waals surface area contributed by atoms with Crippen molar-refractivity contribution in [1.29, 1.82) is 0 Å². The van der Waals surface area contributed by atoms with Gasteiger partial charge >= 0.3 is 6.09 Å². The second-order valence-electron chi connectivity index (χ2n) is 6.60. The number of rotatable bonds is 4. The van der Waals surface area contributed by atoms with Crippen LogP contribution in [0.15, 0.2) is 30.5 Å². The Bertz CT molecular complexity index is 1120. The number of anilines is 1. The summed E-state index contributed by atoms with van der Waals surface area (Å²) in [4.78, 5) is 34.2. The molecule has 0 saturated carbocycles. The summed E-state index contributed by atoms with van der Waals surface area (Å²) in [7, 11) is 0. The van der Waals surface area contributed by atoms with Gasteiger partial charge in [-0.3, -0.25) is 15.0 Å². The first-order valence-electron chi connectivity index (χ1n) is 9.28. The topological polar surface area (TPSA) is 102 Å². The van der Waals surface area contributed by atoms with Crippen molar-refractivity contribution < 1.29 is 18.7 Å². The van der Waals surface area contributed by atoms with Crippen LogP contribution in [0.5, 0.6) is 0 Å². The Morgan fingerprint density at radius 3 is 2.90 bits per heavy atom. The highest BCUT2D eigenvalue weighted by Gasteiger charge is 2.36. The van der Waals surface area contributed by atoms with Crippen LogP contribution in [-0.2, 0) is 9.53 Å². The zero-order chi connectivity index (χ0) is 21.3. The molecule has 0 unspecified atom stereocenters. The van der Waals surface area contributed by atoms with Gasteiger partial charge in [-0.15, -0.1) is 16.9 Å². The van der Waals surface area contributed by atoms with Crippen LogP contribution in [-0.4, -0.2) is 60.8 Å². The van der Waals surface area contributed by atoms with Gasteiger partial charge in [0.1, 0.15) is 6.04 Å². The minimum atomic E-state index is -0.649. The molecule has 156 valence electrons. The molecule has 1 fully saturated rings. The van der Waals surface area contributed by atoms with E-state index < -0.39 is 18.1 Å². The molecule has 11 heteroatoms. The molecule has 4 rings (SSSR count). The fraction of sp³-hybridized carbons (Fsp3) is 0.316. The zero-order valence-electron chi connectivity index (χ0n) is 16.3. The maximum atomic E-state index is 13.3. The quantitative estimate of drug-likeness (QED) is 0.635. The third-order valence-corrected chi connectivity index (χ3v) is 5.63. The number of nitrogens with one attached hydrogen (secondary N) is 1. The van der Waals surface area contributed by atoms with E-state index in [0.29, 0.717) is 23.0 Å². The lowest BCUT2D eigenvalue weighted by molar-refractivity contribution is -0.119. The van der Waals surface area contributed by atoms with Crippen molar-refractivity contribution in [2.75, 3.05) is 23.6 Å². The molecule has 0 aliphatic carbocycles. The third-order valence-electron chi connectivity index (χ3n) is 4.62. The number of thioether (sulfide) groups is 1. The lowest BCUT2D eigenvalue weighted by Crippen LogP contribution is -2.44. The summed E-state index contributed by atoms with van der Waals surface area (Å²) >= 11 is 1.48. The zero-order valence-corrected chi connectivity index (χ0v) is 17.1. The van der Waals surface area contributed by atoms with Gasteiger partial charge in [-0.1, -0.05) is 0 Å². The molecule has 2 amide bonds. The first-order chi connectivity index (χ1) is 14.5. The summed E-state index contributed by atoms with van der Waals surface area (Å²) in [6.07, 6.45) is 1.22. The van der Waals surface area contributed by atoms with Crippen LogP contribution in [0.4, 0.5) is 15.1 Å². The molecule has 1 N–H and O–H groups in total. The van der Waals surface area contributed by atoms with E-state index in [2.05, 4.69) is 20.4 Å². The van der Waals surface area contributed by atoms with Crippen LogP contribution >= 0.6 is 11.8 Å². The highest BCUT2D eigenvalue weighted by molar-refractivity contribution is 7.99. The Morgan fingerprint density at radius 1 is 1.30 bits per heavy atom. The first-order valence-corrected chi connectivity index (χ1v) is 10.4. The van der Waals surface area contributed by atoms with E-state index >= 15 is 0 Å². The van der Waals surface area contributed by atoms with Crippen molar-refractivity contribution in [1.82, 2.24) is 24.5 Å². The number of pyridine rings is 2. The van der Waals surface area contributed by atoms with Crippen LogP contribution in [0, 0.1) is 12.9 Å². The number of amides is 2. The molecule has 3 aromatic rings. The maximum absolute atomic E-state index is 13.3. The number of aryl methyl sites for hydroxylation is 1. The van der Waals surface area contributed by atoms with Crippen molar-refractivity contribution in [2.24, 2.45) is 0 Å². The molecule has 3 aromatic heterocycles. The van der Waals surface area contributed by atoms with E-state index in [1.807, 2.05) is 6.07 Å². The van der Waals surface area contributed by atoms with Gasteiger partial charge in [-0.25, -0.2) is 14.3 Å². The molecule has 30 heavy (non-hydrogen) atoms. The van der Waals surface area contributed by atoms with Crippen molar-refractivity contribution in [2.45, 2.75) is 19.9 Å². The van der Waals surface area contributed by atoms with Crippen molar-refractivity contribution in [3.05, 3.63) is 42.1 Å². The van der Waals surface area contributed by atoms with Gasteiger partial charge in [-0.2, -0.15) is 9.37 Å². The normalized spacial score (nSPS) is 16.1. The predicted molar refractivity (Wildman–Crippen MR) is 110 cm³/mol. The van der Waals surface area contributed by atoms with Gasteiger partial charge < -0.3 is 4.74 Å². The smallest absolute Gasteiger partial charge is 0.411 e. The van der Waals surface area contributed by atoms with E-state index in [1.54, 1.807) is 32.2 Å². The van der Waals surface area contributed by atoms with Crippen molar-refractivity contribution in [3.63, 3.8) is 0 Å². The highest BCUT2D eigenvalue weighted by Crippen LogP contribution is 2.24. The number of hydrogen-bond donors (Lipinski definition) is 1. The molecule has 9 nitrogen and oxygen atoms in total. The number of halogens is 1. The van der Waals surface area contributed by atoms with Crippen LogP contribution in [0.2, 0.25) is 0 Å². The number of fused-ring (bicyclic) bond motifs is 1. The lowest BCUT2D eigenvalue weighted by atomic mass is 10.1. The van der Waals surface area contributed by atoms with Gasteiger partial charge in [0, 0.05) is 28.8 Å². The molecule has 1 saturated heterocycles. The maximum Gasteiger partial charge on any atom is 0.411 e. The first kappa shape index (κ1) is 20.1. The minimum absolute atomic E-state index is 0.131. The molecule has 1 aliphatic heterocycles. The number of nitrogens with zero attached hydrogens (tertiary/aromatic N) is 5. The van der Waals surface area contributed by atoms with Crippen LogP contribution < -0.4 is 5.32 Å². The molecule has 0 radical (unpaired) electrons. The number of hydrogen-bond acceptors (Lipinski definition) is 7.